The minimum Gasteiger partial charge on any atom is -0.352 e. The minimum atomic E-state index is -0.0974. The van der Waals surface area contributed by atoms with E-state index >= 15 is 0 Å². The van der Waals surface area contributed by atoms with Gasteiger partial charge >= 0.3 is 0 Å². The fraction of sp³-hybridized carbons (Fsp3) is 0.286. The lowest BCUT2D eigenvalue weighted by Gasteiger charge is -2.05. The van der Waals surface area contributed by atoms with Gasteiger partial charge in [0.05, 0.1) is 5.71 Å². The predicted octanol–water partition coefficient (Wildman–Crippen LogP) is 4.28. The van der Waals surface area contributed by atoms with Gasteiger partial charge in [-0.1, -0.05) is 52.7 Å². The fourth-order valence-corrected chi connectivity index (χ4v) is 2.70. The van der Waals surface area contributed by atoms with Crippen LogP contribution in [0.15, 0.2) is 64.2 Å². The standard InChI is InChI=1S/C21H24BrN3O2/c1-16(17-11-13-19(22)14-12-17)24-25-20(26)10-6-3-7-15-23-21(27)18-8-4-2-5-9-18/h2,4-5,8-9,11-14H,3,6-7,10,15H2,1H3,(H,23,27)(H,25,26)/b24-16+. The molecule has 2 aromatic carbocycles. The highest BCUT2D eigenvalue weighted by molar-refractivity contribution is 9.10. The molecule has 0 heterocycles. The van der Waals surface area contributed by atoms with E-state index in [2.05, 4.69) is 31.8 Å². The Hall–Kier alpha value is -2.47. The van der Waals surface area contributed by atoms with Crippen LogP contribution in [-0.4, -0.2) is 24.1 Å². The summed E-state index contributed by atoms with van der Waals surface area (Å²) < 4.78 is 1.00. The Balaban J connectivity index is 1.58. The number of hydrogen-bond acceptors (Lipinski definition) is 3. The molecule has 2 amide bonds. The highest BCUT2D eigenvalue weighted by Crippen LogP contribution is 2.11. The summed E-state index contributed by atoms with van der Waals surface area (Å²) >= 11 is 3.39. The van der Waals surface area contributed by atoms with E-state index in [9.17, 15) is 9.59 Å². The number of unbranched alkanes of at least 4 members (excludes halogenated alkanes) is 2. The van der Waals surface area contributed by atoms with Crippen LogP contribution in [0.5, 0.6) is 0 Å². The zero-order valence-corrected chi connectivity index (χ0v) is 17.0. The quantitative estimate of drug-likeness (QED) is 0.354. The van der Waals surface area contributed by atoms with Crippen molar-refractivity contribution in [3.8, 4) is 0 Å². The van der Waals surface area contributed by atoms with Crippen LogP contribution in [0.4, 0.5) is 0 Å². The van der Waals surface area contributed by atoms with Crippen LogP contribution in [-0.2, 0) is 4.79 Å². The number of carbonyl (C=O) groups is 2. The highest BCUT2D eigenvalue weighted by Gasteiger charge is 2.04. The second kappa shape index (κ2) is 11.3. The second-order valence-electron chi connectivity index (χ2n) is 6.17. The van der Waals surface area contributed by atoms with Gasteiger partial charge < -0.3 is 5.32 Å². The van der Waals surface area contributed by atoms with E-state index < -0.39 is 0 Å². The molecule has 142 valence electrons. The molecule has 5 nitrogen and oxygen atoms in total. The molecule has 0 atom stereocenters. The molecule has 0 aliphatic rings. The number of nitrogens with zero attached hydrogens (tertiary/aromatic N) is 1. The number of nitrogens with one attached hydrogen (secondary N) is 2. The third-order valence-electron chi connectivity index (χ3n) is 4.01. The third-order valence-corrected chi connectivity index (χ3v) is 4.54. The molecule has 0 unspecified atom stereocenters. The van der Waals surface area contributed by atoms with Crippen molar-refractivity contribution >= 4 is 33.5 Å². The maximum absolute atomic E-state index is 11.9. The Morgan fingerprint density at radius 3 is 2.33 bits per heavy atom. The molecule has 2 rings (SSSR count). The molecule has 27 heavy (non-hydrogen) atoms. The fourth-order valence-electron chi connectivity index (χ4n) is 2.44. The Morgan fingerprint density at radius 2 is 1.63 bits per heavy atom. The van der Waals surface area contributed by atoms with Crippen molar-refractivity contribution in [3.63, 3.8) is 0 Å². The molecule has 2 N–H and O–H groups in total. The van der Waals surface area contributed by atoms with E-state index in [0.29, 0.717) is 18.5 Å². The SMILES string of the molecule is C/C(=N\NC(=O)CCCCCNC(=O)c1ccccc1)c1ccc(Br)cc1. The van der Waals surface area contributed by atoms with Gasteiger partial charge in [-0.2, -0.15) is 5.10 Å². The average molecular weight is 430 g/mol. The van der Waals surface area contributed by atoms with Crippen LogP contribution in [0.25, 0.3) is 0 Å². The molecule has 2 aromatic rings. The van der Waals surface area contributed by atoms with Crippen LogP contribution in [0.1, 0.15) is 48.5 Å². The van der Waals surface area contributed by atoms with E-state index in [4.69, 9.17) is 0 Å². The molecule has 0 aliphatic heterocycles. The maximum Gasteiger partial charge on any atom is 0.251 e. The van der Waals surface area contributed by atoms with E-state index in [1.807, 2.05) is 49.4 Å². The van der Waals surface area contributed by atoms with E-state index in [0.717, 1.165) is 35.0 Å². The lowest BCUT2D eigenvalue weighted by molar-refractivity contribution is -0.121. The van der Waals surface area contributed by atoms with E-state index in [1.165, 1.54) is 0 Å². The largest absolute Gasteiger partial charge is 0.352 e. The number of benzene rings is 2. The lowest BCUT2D eigenvalue weighted by Crippen LogP contribution is -2.24. The zero-order valence-electron chi connectivity index (χ0n) is 15.4. The first kappa shape index (κ1) is 20.8. The molecule has 0 aliphatic carbocycles. The topological polar surface area (TPSA) is 70.6 Å². The summed E-state index contributed by atoms with van der Waals surface area (Å²) in [5.41, 5.74) is 4.99. The number of rotatable bonds is 9. The van der Waals surface area contributed by atoms with Crippen LogP contribution in [0, 0.1) is 0 Å². The number of halogens is 1. The first-order valence-electron chi connectivity index (χ1n) is 8.98. The smallest absolute Gasteiger partial charge is 0.251 e. The zero-order chi connectivity index (χ0) is 19.5. The lowest BCUT2D eigenvalue weighted by atomic mass is 10.1. The first-order chi connectivity index (χ1) is 13.1. The van der Waals surface area contributed by atoms with Gasteiger partial charge in [0.25, 0.3) is 5.91 Å². The number of hydrazone groups is 1. The first-order valence-corrected chi connectivity index (χ1v) is 9.78. The van der Waals surface area contributed by atoms with Crippen molar-refractivity contribution in [1.82, 2.24) is 10.7 Å². The van der Waals surface area contributed by atoms with Crippen molar-refractivity contribution in [2.45, 2.75) is 32.6 Å². The normalized spacial score (nSPS) is 11.1. The van der Waals surface area contributed by atoms with Crippen LogP contribution >= 0.6 is 15.9 Å². The molecule has 0 bridgehead atoms. The van der Waals surface area contributed by atoms with Crippen molar-refractivity contribution in [2.75, 3.05) is 6.54 Å². The summed E-state index contributed by atoms with van der Waals surface area (Å²) in [6.07, 6.45) is 2.90. The summed E-state index contributed by atoms with van der Waals surface area (Å²) in [6, 6.07) is 16.9. The van der Waals surface area contributed by atoms with Gasteiger partial charge in [-0.3, -0.25) is 9.59 Å². The summed E-state index contributed by atoms with van der Waals surface area (Å²) in [5, 5.41) is 7.03. The van der Waals surface area contributed by atoms with Gasteiger partial charge in [0.15, 0.2) is 0 Å². The average Bonchev–Trinajstić information content (AvgIpc) is 2.69. The van der Waals surface area contributed by atoms with Crippen LogP contribution < -0.4 is 10.7 Å². The second-order valence-corrected chi connectivity index (χ2v) is 7.09. The number of hydrogen-bond donors (Lipinski definition) is 2. The maximum atomic E-state index is 11.9. The molecule has 0 saturated carbocycles. The van der Waals surface area contributed by atoms with Gasteiger partial charge in [0, 0.05) is 23.0 Å². The van der Waals surface area contributed by atoms with Crippen LogP contribution in [0.3, 0.4) is 0 Å². The van der Waals surface area contributed by atoms with Gasteiger partial charge in [0.1, 0.15) is 0 Å². The van der Waals surface area contributed by atoms with Gasteiger partial charge in [-0.15, -0.1) is 0 Å². The molecule has 0 fully saturated rings. The molecule has 0 spiro atoms. The van der Waals surface area contributed by atoms with E-state index in [-0.39, 0.29) is 11.8 Å². The highest BCUT2D eigenvalue weighted by atomic mass is 79.9. The molecular weight excluding hydrogens is 406 g/mol. The summed E-state index contributed by atoms with van der Waals surface area (Å²) in [7, 11) is 0. The Bertz CT molecular complexity index is 774. The minimum absolute atomic E-state index is 0.0638. The predicted molar refractivity (Wildman–Crippen MR) is 112 cm³/mol. The van der Waals surface area contributed by atoms with Gasteiger partial charge in [0.2, 0.25) is 5.91 Å². The number of carbonyl (C=O) groups excluding carboxylic acids is 2. The summed E-state index contributed by atoms with van der Waals surface area (Å²) in [5.74, 6) is -0.161. The molecule has 0 saturated heterocycles. The van der Waals surface area contributed by atoms with Gasteiger partial charge in [-0.25, -0.2) is 5.43 Å². The van der Waals surface area contributed by atoms with Crippen LogP contribution in [0.2, 0.25) is 0 Å². The van der Waals surface area contributed by atoms with Crippen molar-refractivity contribution in [3.05, 3.63) is 70.2 Å². The Kier molecular flexibility index (Phi) is 8.71. The van der Waals surface area contributed by atoms with Gasteiger partial charge in [-0.05, 0) is 49.6 Å². The van der Waals surface area contributed by atoms with Crippen molar-refractivity contribution in [1.29, 1.82) is 0 Å². The number of amides is 2. The molecular formula is C21H24BrN3O2. The molecule has 6 heteroatoms. The molecule has 0 aromatic heterocycles. The monoisotopic (exact) mass is 429 g/mol. The van der Waals surface area contributed by atoms with E-state index in [1.54, 1.807) is 12.1 Å². The Morgan fingerprint density at radius 1 is 0.926 bits per heavy atom. The summed E-state index contributed by atoms with van der Waals surface area (Å²) in [4.78, 5) is 23.7. The Labute approximate surface area is 168 Å². The van der Waals surface area contributed by atoms with Crippen molar-refractivity contribution < 1.29 is 9.59 Å². The third kappa shape index (κ3) is 7.74. The molecule has 0 radical (unpaired) electrons. The summed E-state index contributed by atoms with van der Waals surface area (Å²) in [6.45, 7) is 2.47. The van der Waals surface area contributed by atoms with Crippen molar-refractivity contribution in [2.24, 2.45) is 5.10 Å².